The van der Waals surface area contributed by atoms with Crippen LogP contribution in [0.25, 0.3) is 10.9 Å². The molecule has 0 aliphatic heterocycles. The van der Waals surface area contributed by atoms with Gasteiger partial charge in [0.2, 0.25) is 0 Å². The molecule has 3 rings (SSSR count). The van der Waals surface area contributed by atoms with Gasteiger partial charge in [-0.15, -0.1) is 0 Å². The molecule has 1 aromatic heterocycles. The first-order valence-corrected chi connectivity index (χ1v) is 7.12. The van der Waals surface area contributed by atoms with Crippen LogP contribution in [0.1, 0.15) is 25.5 Å². The Morgan fingerprint density at radius 2 is 1.81 bits per heavy atom. The van der Waals surface area contributed by atoms with Crippen LogP contribution < -0.4 is 4.74 Å². The molecule has 0 fully saturated rings. The van der Waals surface area contributed by atoms with E-state index >= 15 is 0 Å². The number of fused-ring (bicyclic) bond motifs is 1. The maximum Gasteiger partial charge on any atom is 0.132 e. The normalized spacial score (nSPS) is 11.2. The maximum absolute atomic E-state index is 14.2. The van der Waals surface area contributed by atoms with Crippen molar-refractivity contribution in [2.75, 3.05) is 0 Å². The van der Waals surface area contributed by atoms with E-state index < -0.39 is 0 Å². The molecule has 0 saturated heterocycles. The summed E-state index contributed by atoms with van der Waals surface area (Å²) in [4.78, 5) is 0. The lowest BCUT2D eigenvalue weighted by atomic mass is 10.2. The number of nitrogens with zero attached hydrogens (tertiary/aromatic N) is 1. The summed E-state index contributed by atoms with van der Waals surface area (Å²) in [5.41, 5.74) is 1.79. The van der Waals surface area contributed by atoms with E-state index in [1.165, 1.54) is 6.07 Å². The number of para-hydroxylation sites is 1. The van der Waals surface area contributed by atoms with Crippen LogP contribution in [0.5, 0.6) is 5.75 Å². The zero-order chi connectivity index (χ0) is 14.8. The molecule has 0 amide bonds. The first kappa shape index (κ1) is 13.7. The van der Waals surface area contributed by atoms with Gasteiger partial charge in [-0.2, -0.15) is 0 Å². The SMILES string of the molecule is CC(C)n1cc(COc2ccccc2)c2c(F)cccc21. The fourth-order valence-corrected chi connectivity index (χ4v) is 2.56. The standard InChI is InChI=1S/C18H18FNO/c1-13(2)20-11-14(12-21-15-7-4-3-5-8-15)18-16(19)9-6-10-17(18)20/h3-11,13H,12H2,1-2H3. The lowest BCUT2D eigenvalue weighted by molar-refractivity contribution is 0.307. The molecule has 2 nitrogen and oxygen atoms in total. The summed E-state index contributed by atoms with van der Waals surface area (Å²) < 4.78 is 22.0. The highest BCUT2D eigenvalue weighted by Crippen LogP contribution is 2.28. The number of hydrogen-bond donors (Lipinski definition) is 0. The summed E-state index contributed by atoms with van der Waals surface area (Å²) in [7, 11) is 0. The van der Waals surface area contributed by atoms with Crippen molar-refractivity contribution in [2.45, 2.75) is 26.5 Å². The van der Waals surface area contributed by atoms with E-state index in [1.54, 1.807) is 6.07 Å². The van der Waals surface area contributed by atoms with Crippen LogP contribution in [-0.4, -0.2) is 4.57 Å². The number of ether oxygens (including phenoxy) is 1. The van der Waals surface area contributed by atoms with Gasteiger partial charge in [0.25, 0.3) is 0 Å². The molecular weight excluding hydrogens is 265 g/mol. The van der Waals surface area contributed by atoms with Crippen LogP contribution in [-0.2, 0) is 6.61 Å². The molecule has 0 atom stereocenters. The Kier molecular flexibility index (Phi) is 3.65. The van der Waals surface area contributed by atoms with Gasteiger partial charge in [0.15, 0.2) is 0 Å². The Bertz CT molecular complexity index is 747. The molecule has 3 heteroatoms. The first-order valence-electron chi connectivity index (χ1n) is 7.12. The molecule has 0 bridgehead atoms. The van der Waals surface area contributed by atoms with Crippen molar-refractivity contribution in [3.63, 3.8) is 0 Å². The van der Waals surface area contributed by atoms with E-state index in [9.17, 15) is 4.39 Å². The zero-order valence-electron chi connectivity index (χ0n) is 12.2. The quantitative estimate of drug-likeness (QED) is 0.661. The minimum Gasteiger partial charge on any atom is -0.489 e. The highest BCUT2D eigenvalue weighted by Gasteiger charge is 2.14. The Morgan fingerprint density at radius 1 is 1.05 bits per heavy atom. The van der Waals surface area contributed by atoms with Crippen LogP contribution in [0.15, 0.2) is 54.7 Å². The Balaban J connectivity index is 1.98. The molecule has 0 aliphatic carbocycles. The summed E-state index contributed by atoms with van der Waals surface area (Å²) in [6.45, 7) is 4.54. The molecule has 0 saturated carbocycles. The predicted octanol–water partition coefficient (Wildman–Crippen LogP) is 4.94. The van der Waals surface area contributed by atoms with Crippen LogP contribution in [0.4, 0.5) is 4.39 Å². The molecule has 0 radical (unpaired) electrons. The van der Waals surface area contributed by atoms with Crippen molar-refractivity contribution in [2.24, 2.45) is 0 Å². The average molecular weight is 283 g/mol. The molecule has 0 N–H and O–H groups in total. The Morgan fingerprint density at radius 3 is 2.52 bits per heavy atom. The van der Waals surface area contributed by atoms with Crippen molar-refractivity contribution < 1.29 is 9.13 Å². The number of hydrogen-bond acceptors (Lipinski definition) is 1. The minimum atomic E-state index is -0.196. The summed E-state index contributed by atoms with van der Waals surface area (Å²) in [6.07, 6.45) is 1.99. The van der Waals surface area contributed by atoms with E-state index in [0.717, 1.165) is 16.8 Å². The van der Waals surface area contributed by atoms with E-state index in [0.29, 0.717) is 12.0 Å². The highest BCUT2D eigenvalue weighted by atomic mass is 19.1. The van der Waals surface area contributed by atoms with Crippen LogP contribution in [0.2, 0.25) is 0 Å². The number of halogens is 1. The molecule has 3 aromatic rings. The van der Waals surface area contributed by atoms with E-state index in [2.05, 4.69) is 18.4 Å². The van der Waals surface area contributed by atoms with Crippen LogP contribution in [0, 0.1) is 5.82 Å². The van der Waals surface area contributed by atoms with Crippen molar-refractivity contribution >= 4 is 10.9 Å². The summed E-state index contributed by atoms with van der Waals surface area (Å²) in [5.74, 6) is 0.595. The molecule has 1 heterocycles. The van der Waals surface area contributed by atoms with E-state index in [-0.39, 0.29) is 11.9 Å². The smallest absolute Gasteiger partial charge is 0.132 e. The van der Waals surface area contributed by atoms with Crippen molar-refractivity contribution in [3.05, 3.63) is 66.1 Å². The third-order valence-electron chi connectivity index (χ3n) is 3.58. The number of benzene rings is 2. The second-order valence-electron chi connectivity index (χ2n) is 5.39. The highest BCUT2D eigenvalue weighted by molar-refractivity contribution is 5.84. The van der Waals surface area contributed by atoms with E-state index in [1.807, 2.05) is 42.6 Å². The Hall–Kier alpha value is -2.29. The average Bonchev–Trinajstić information content (AvgIpc) is 2.87. The van der Waals surface area contributed by atoms with Gasteiger partial charge < -0.3 is 9.30 Å². The van der Waals surface area contributed by atoms with Crippen LogP contribution in [0.3, 0.4) is 0 Å². The topological polar surface area (TPSA) is 14.2 Å². The van der Waals surface area contributed by atoms with Gasteiger partial charge in [0.05, 0.1) is 5.52 Å². The van der Waals surface area contributed by atoms with Crippen molar-refractivity contribution in [3.8, 4) is 5.75 Å². The third-order valence-corrected chi connectivity index (χ3v) is 3.58. The minimum absolute atomic E-state index is 0.196. The molecule has 0 aliphatic rings. The fraction of sp³-hybridized carbons (Fsp3) is 0.222. The molecular formula is C18H18FNO. The van der Waals surface area contributed by atoms with Crippen molar-refractivity contribution in [1.82, 2.24) is 4.57 Å². The third kappa shape index (κ3) is 2.64. The number of rotatable bonds is 4. The first-order chi connectivity index (χ1) is 10.2. The van der Waals surface area contributed by atoms with Crippen molar-refractivity contribution in [1.29, 1.82) is 0 Å². The van der Waals surface area contributed by atoms with Crippen LogP contribution >= 0.6 is 0 Å². The lowest BCUT2D eigenvalue weighted by Crippen LogP contribution is -1.98. The van der Waals surface area contributed by atoms with E-state index in [4.69, 9.17) is 4.74 Å². The van der Waals surface area contributed by atoms with Gasteiger partial charge in [-0.25, -0.2) is 4.39 Å². The molecule has 0 unspecified atom stereocenters. The van der Waals surface area contributed by atoms with Gasteiger partial charge in [-0.3, -0.25) is 0 Å². The van der Waals surface area contributed by atoms with Gasteiger partial charge >= 0.3 is 0 Å². The fourth-order valence-electron chi connectivity index (χ4n) is 2.56. The largest absolute Gasteiger partial charge is 0.489 e. The zero-order valence-corrected chi connectivity index (χ0v) is 12.2. The predicted molar refractivity (Wildman–Crippen MR) is 83.1 cm³/mol. The molecule has 0 spiro atoms. The lowest BCUT2D eigenvalue weighted by Gasteiger charge is -2.08. The Labute approximate surface area is 123 Å². The van der Waals surface area contributed by atoms with Gasteiger partial charge in [-0.05, 0) is 38.1 Å². The monoisotopic (exact) mass is 283 g/mol. The maximum atomic E-state index is 14.2. The number of aromatic nitrogens is 1. The molecule has 2 aromatic carbocycles. The van der Waals surface area contributed by atoms with Gasteiger partial charge in [0, 0.05) is 23.2 Å². The van der Waals surface area contributed by atoms with Gasteiger partial charge in [-0.1, -0.05) is 24.3 Å². The molecule has 21 heavy (non-hydrogen) atoms. The molecule has 108 valence electrons. The second-order valence-corrected chi connectivity index (χ2v) is 5.39. The second kappa shape index (κ2) is 5.60. The van der Waals surface area contributed by atoms with Gasteiger partial charge in [0.1, 0.15) is 18.2 Å². The summed E-state index contributed by atoms with van der Waals surface area (Å²) >= 11 is 0. The summed E-state index contributed by atoms with van der Waals surface area (Å²) in [6, 6.07) is 15.1. The summed E-state index contributed by atoms with van der Waals surface area (Å²) in [5, 5.41) is 0.655.